The predicted molar refractivity (Wildman–Crippen MR) is 110 cm³/mol. The summed E-state index contributed by atoms with van der Waals surface area (Å²) >= 11 is 0. The van der Waals surface area contributed by atoms with Gasteiger partial charge in [0.1, 0.15) is 5.82 Å². The Morgan fingerprint density at radius 3 is 2.61 bits per heavy atom. The highest BCUT2D eigenvalue weighted by atomic mass is 19.1. The van der Waals surface area contributed by atoms with Crippen molar-refractivity contribution in [3.8, 4) is 0 Å². The summed E-state index contributed by atoms with van der Waals surface area (Å²) in [6.07, 6.45) is 0.124. The Kier molecular flexibility index (Phi) is 5.97. The number of rotatable bonds is 6. The fourth-order valence-corrected chi connectivity index (χ4v) is 3.59. The second-order valence-corrected chi connectivity index (χ2v) is 7.05. The molecule has 148 valence electrons. The second-order valence-electron chi connectivity index (χ2n) is 7.05. The Balaban J connectivity index is 1.69. The maximum absolute atomic E-state index is 13.5. The SMILES string of the molecule is CCN(CC)c1ccc(NC(=O)C2CC(=O)N(c3cccc(F)c3)C2)c(C)c1. The van der Waals surface area contributed by atoms with Gasteiger partial charge < -0.3 is 15.1 Å². The molecule has 0 radical (unpaired) electrons. The lowest BCUT2D eigenvalue weighted by molar-refractivity contribution is -0.122. The van der Waals surface area contributed by atoms with Gasteiger partial charge in [-0.15, -0.1) is 0 Å². The van der Waals surface area contributed by atoms with Gasteiger partial charge in [0.2, 0.25) is 11.8 Å². The Labute approximate surface area is 165 Å². The van der Waals surface area contributed by atoms with E-state index < -0.39 is 11.7 Å². The third-order valence-corrected chi connectivity index (χ3v) is 5.21. The smallest absolute Gasteiger partial charge is 0.229 e. The van der Waals surface area contributed by atoms with Crippen molar-refractivity contribution < 1.29 is 14.0 Å². The lowest BCUT2D eigenvalue weighted by Gasteiger charge is -2.22. The summed E-state index contributed by atoms with van der Waals surface area (Å²) in [6, 6.07) is 11.8. The van der Waals surface area contributed by atoms with E-state index in [-0.39, 0.29) is 24.8 Å². The molecule has 0 aliphatic carbocycles. The standard InChI is InChI=1S/C22H26FN3O2/c1-4-25(5-2)18-9-10-20(15(3)11-18)24-22(28)16-12-21(27)26(14-16)19-8-6-7-17(23)13-19/h6-11,13,16H,4-5,12,14H2,1-3H3,(H,24,28). The molecule has 1 unspecified atom stereocenters. The lowest BCUT2D eigenvalue weighted by atomic mass is 10.1. The third-order valence-electron chi connectivity index (χ3n) is 5.21. The van der Waals surface area contributed by atoms with Gasteiger partial charge in [0.05, 0.1) is 5.92 Å². The molecule has 0 spiro atoms. The van der Waals surface area contributed by atoms with Crippen molar-refractivity contribution in [1.82, 2.24) is 0 Å². The first-order chi connectivity index (χ1) is 13.4. The van der Waals surface area contributed by atoms with Gasteiger partial charge in [-0.2, -0.15) is 0 Å². The van der Waals surface area contributed by atoms with Crippen molar-refractivity contribution in [3.05, 3.63) is 53.8 Å². The first kappa shape index (κ1) is 19.9. The fourth-order valence-electron chi connectivity index (χ4n) is 3.59. The number of nitrogens with one attached hydrogen (secondary N) is 1. The summed E-state index contributed by atoms with van der Waals surface area (Å²) in [7, 11) is 0. The van der Waals surface area contributed by atoms with Gasteiger partial charge in [0, 0.05) is 43.1 Å². The van der Waals surface area contributed by atoms with Crippen LogP contribution in [0.4, 0.5) is 21.5 Å². The molecule has 0 aromatic heterocycles. The van der Waals surface area contributed by atoms with Crippen molar-refractivity contribution in [2.45, 2.75) is 27.2 Å². The van der Waals surface area contributed by atoms with Gasteiger partial charge in [-0.05, 0) is 62.7 Å². The Morgan fingerprint density at radius 2 is 1.96 bits per heavy atom. The first-order valence-corrected chi connectivity index (χ1v) is 9.65. The number of aryl methyl sites for hydroxylation is 1. The van der Waals surface area contributed by atoms with Crippen LogP contribution < -0.4 is 15.1 Å². The number of amides is 2. The van der Waals surface area contributed by atoms with Crippen LogP contribution in [-0.2, 0) is 9.59 Å². The Bertz CT molecular complexity index is 880. The predicted octanol–water partition coefficient (Wildman–Crippen LogP) is 3.97. The maximum atomic E-state index is 13.5. The molecule has 3 rings (SSSR count). The average molecular weight is 383 g/mol. The van der Waals surface area contributed by atoms with E-state index in [0.29, 0.717) is 5.69 Å². The number of hydrogen-bond donors (Lipinski definition) is 1. The quantitative estimate of drug-likeness (QED) is 0.821. The summed E-state index contributed by atoms with van der Waals surface area (Å²) in [5.41, 5.74) is 3.33. The summed E-state index contributed by atoms with van der Waals surface area (Å²) in [5, 5.41) is 2.95. The van der Waals surface area contributed by atoms with E-state index in [9.17, 15) is 14.0 Å². The van der Waals surface area contributed by atoms with Gasteiger partial charge in [0.25, 0.3) is 0 Å². The number of halogens is 1. The molecule has 1 fully saturated rings. The highest BCUT2D eigenvalue weighted by Gasteiger charge is 2.35. The molecule has 1 aliphatic rings. The number of anilines is 3. The number of hydrogen-bond acceptors (Lipinski definition) is 3. The van der Waals surface area contributed by atoms with E-state index >= 15 is 0 Å². The van der Waals surface area contributed by atoms with Crippen molar-refractivity contribution in [2.75, 3.05) is 34.8 Å². The minimum absolute atomic E-state index is 0.124. The largest absolute Gasteiger partial charge is 0.372 e. The number of nitrogens with zero attached hydrogens (tertiary/aromatic N) is 2. The molecule has 28 heavy (non-hydrogen) atoms. The molecule has 0 saturated carbocycles. The summed E-state index contributed by atoms with van der Waals surface area (Å²) < 4.78 is 13.5. The van der Waals surface area contributed by atoms with Crippen LogP contribution in [0.2, 0.25) is 0 Å². The average Bonchev–Trinajstić information content (AvgIpc) is 3.07. The molecule has 1 aliphatic heterocycles. The highest BCUT2D eigenvalue weighted by molar-refractivity contribution is 6.03. The van der Waals surface area contributed by atoms with Gasteiger partial charge in [-0.1, -0.05) is 6.07 Å². The Morgan fingerprint density at radius 1 is 1.21 bits per heavy atom. The zero-order valence-corrected chi connectivity index (χ0v) is 16.5. The fraction of sp³-hybridized carbons (Fsp3) is 0.364. The molecular weight excluding hydrogens is 357 g/mol. The van der Waals surface area contributed by atoms with Crippen LogP contribution in [-0.4, -0.2) is 31.4 Å². The summed E-state index contributed by atoms with van der Waals surface area (Å²) in [5.74, 6) is -1.22. The van der Waals surface area contributed by atoms with Crippen LogP contribution in [0, 0.1) is 18.7 Å². The van der Waals surface area contributed by atoms with E-state index in [4.69, 9.17) is 0 Å². The van der Waals surface area contributed by atoms with Crippen molar-refractivity contribution >= 4 is 28.9 Å². The molecule has 1 heterocycles. The second kappa shape index (κ2) is 8.42. The van der Waals surface area contributed by atoms with E-state index in [2.05, 4.69) is 30.1 Å². The van der Waals surface area contributed by atoms with Crippen LogP contribution in [0.1, 0.15) is 25.8 Å². The monoisotopic (exact) mass is 383 g/mol. The summed E-state index contributed by atoms with van der Waals surface area (Å²) in [4.78, 5) is 28.8. The van der Waals surface area contributed by atoms with E-state index in [1.54, 1.807) is 12.1 Å². The first-order valence-electron chi connectivity index (χ1n) is 9.65. The van der Waals surface area contributed by atoms with Crippen LogP contribution >= 0.6 is 0 Å². The normalized spacial score (nSPS) is 16.4. The zero-order chi connectivity index (χ0) is 20.3. The van der Waals surface area contributed by atoms with Crippen LogP contribution in [0.15, 0.2) is 42.5 Å². The molecule has 1 atom stereocenters. The zero-order valence-electron chi connectivity index (χ0n) is 16.5. The van der Waals surface area contributed by atoms with Gasteiger partial charge >= 0.3 is 0 Å². The molecule has 2 aromatic carbocycles. The van der Waals surface area contributed by atoms with E-state index in [0.717, 1.165) is 30.0 Å². The Hall–Kier alpha value is -2.89. The van der Waals surface area contributed by atoms with Crippen molar-refractivity contribution in [3.63, 3.8) is 0 Å². The van der Waals surface area contributed by atoms with Crippen molar-refractivity contribution in [2.24, 2.45) is 5.92 Å². The highest BCUT2D eigenvalue weighted by Crippen LogP contribution is 2.28. The van der Waals surface area contributed by atoms with E-state index in [1.807, 2.05) is 19.1 Å². The minimum Gasteiger partial charge on any atom is -0.372 e. The number of carbonyl (C=O) groups is 2. The molecule has 1 saturated heterocycles. The molecular formula is C22H26FN3O2. The van der Waals surface area contributed by atoms with Gasteiger partial charge in [-0.25, -0.2) is 4.39 Å². The molecule has 0 bridgehead atoms. The molecule has 2 amide bonds. The molecule has 1 N–H and O–H groups in total. The minimum atomic E-state index is -0.461. The number of carbonyl (C=O) groups excluding carboxylic acids is 2. The van der Waals surface area contributed by atoms with Crippen LogP contribution in [0.5, 0.6) is 0 Å². The van der Waals surface area contributed by atoms with Gasteiger partial charge in [0.15, 0.2) is 0 Å². The molecule has 2 aromatic rings. The topological polar surface area (TPSA) is 52.7 Å². The van der Waals surface area contributed by atoms with E-state index in [1.165, 1.54) is 17.0 Å². The van der Waals surface area contributed by atoms with Crippen molar-refractivity contribution in [1.29, 1.82) is 0 Å². The van der Waals surface area contributed by atoms with Crippen LogP contribution in [0.3, 0.4) is 0 Å². The molecule has 6 heteroatoms. The molecule has 5 nitrogen and oxygen atoms in total. The lowest BCUT2D eigenvalue weighted by Crippen LogP contribution is -2.28. The number of benzene rings is 2. The summed E-state index contributed by atoms with van der Waals surface area (Å²) in [6.45, 7) is 8.27. The maximum Gasteiger partial charge on any atom is 0.229 e. The van der Waals surface area contributed by atoms with Crippen LogP contribution in [0.25, 0.3) is 0 Å². The van der Waals surface area contributed by atoms with Gasteiger partial charge in [-0.3, -0.25) is 9.59 Å². The third kappa shape index (κ3) is 4.16.